The van der Waals surface area contributed by atoms with E-state index in [2.05, 4.69) is 47.8 Å². The smallest absolute Gasteiger partial charge is 0.167 e. The first-order valence-corrected chi connectivity index (χ1v) is 5.56. The zero-order valence-electron chi connectivity index (χ0n) is 5.81. The van der Waals surface area contributed by atoms with Gasteiger partial charge >= 0.3 is 0 Å². The Balaban J connectivity index is 3.01. The second-order valence-electron chi connectivity index (χ2n) is 2.48. The molecule has 1 aliphatic carbocycles. The fourth-order valence-electron chi connectivity index (χ4n) is 0.822. The van der Waals surface area contributed by atoms with Crippen molar-refractivity contribution in [3.63, 3.8) is 0 Å². The van der Waals surface area contributed by atoms with Crippen LogP contribution in [0, 0.1) is 0 Å². The van der Waals surface area contributed by atoms with Crippen LogP contribution in [0.1, 0.15) is 6.92 Å². The molecule has 2 unspecified atom stereocenters. The van der Waals surface area contributed by atoms with Crippen LogP contribution >= 0.6 is 47.8 Å². The third-order valence-corrected chi connectivity index (χ3v) is 5.29. The van der Waals surface area contributed by atoms with Crippen LogP contribution in [0.15, 0.2) is 22.2 Å². The van der Waals surface area contributed by atoms with Gasteiger partial charge in [-0.15, -0.1) is 0 Å². The maximum atomic E-state index is 9.74. The zero-order chi connectivity index (χ0) is 8.65. The standard InChI is InChI=1S/C7H7Br3O/c1-4-2-5(8)7(10,11)6(9)3-4/h2-3,5,11H,1H3. The molecule has 0 heterocycles. The first kappa shape index (κ1) is 9.96. The summed E-state index contributed by atoms with van der Waals surface area (Å²) in [6, 6.07) is 0. The van der Waals surface area contributed by atoms with E-state index in [9.17, 15) is 5.11 Å². The average Bonchev–Trinajstić information content (AvgIpc) is 1.84. The summed E-state index contributed by atoms with van der Waals surface area (Å²) in [7, 11) is 0. The molecule has 1 aliphatic rings. The average molecular weight is 347 g/mol. The van der Waals surface area contributed by atoms with Gasteiger partial charge in [0.2, 0.25) is 0 Å². The molecular weight excluding hydrogens is 340 g/mol. The number of aliphatic hydroxyl groups is 1. The molecule has 0 saturated carbocycles. The minimum Gasteiger partial charge on any atom is -0.373 e. The SMILES string of the molecule is CC1=CC(Br)C(O)(Br)C(Br)=C1. The highest BCUT2D eigenvalue weighted by Crippen LogP contribution is 2.40. The van der Waals surface area contributed by atoms with Crippen LogP contribution in [0.2, 0.25) is 0 Å². The lowest BCUT2D eigenvalue weighted by molar-refractivity contribution is 0.201. The van der Waals surface area contributed by atoms with Crippen molar-refractivity contribution in [2.45, 2.75) is 16.3 Å². The van der Waals surface area contributed by atoms with E-state index >= 15 is 0 Å². The van der Waals surface area contributed by atoms with E-state index in [0.717, 1.165) is 10.1 Å². The van der Waals surface area contributed by atoms with Crippen LogP contribution < -0.4 is 0 Å². The fourth-order valence-corrected chi connectivity index (χ4v) is 2.65. The van der Waals surface area contributed by atoms with E-state index in [1.165, 1.54) is 0 Å². The maximum absolute atomic E-state index is 9.74. The molecule has 4 heteroatoms. The Hall–Kier alpha value is 0.880. The van der Waals surface area contributed by atoms with Crippen molar-refractivity contribution < 1.29 is 5.11 Å². The fraction of sp³-hybridized carbons (Fsp3) is 0.429. The lowest BCUT2D eigenvalue weighted by Gasteiger charge is -2.28. The Morgan fingerprint density at radius 2 is 2.18 bits per heavy atom. The Bertz CT molecular complexity index is 230. The normalized spacial score (nSPS) is 38.1. The van der Waals surface area contributed by atoms with Gasteiger partial charge < -0.3 is 5.11 Å². The topological polar surface area (TPSA) is 20.2 Å². The largest absolute Gasteiger partial charge is 0.373 e. The van der Waals surface area contributed by atoms with Crippen LogP contribution in [-0.4, -0.2) is 14.4 Å². The van der Waals surface area contributed by atoms with Crippen molar-refractivity contribution in [2.24, 2.45) is 0 Å². The van der Waals surface area contributed by atoms with E-state index in [1.807, 2.05) is 19.1 Å². The Labute approximate surface area is 90.9 Å². The quantitative estimate of drug-likeness (QED) is 0.668. The molecule has 1 nitrogen and oxygen atoms in total. The zero-order valence-corrected chi connectivity index (χ0v) is 10.6. The van der Waals surface area contributed by atoms with Crippen LogP contribution in [-0.2, 0) is 0 Å². The minimum atomic E-state index is -0.994. The minimum absolute atomic E-state index is 0.0885. The third kappa shape index (κ3) is 1.97. The van der Waals surface area contributed by atoms with Crippen LogP contribution in [0.25, 0.3) is 0 Å². The van der Waals surface area contributed by atoms with E-state index in [0.29, 0.717) is 0 Å². The summed E-state index contributed by atoms with van der Waals surface area (Å²) in [5.74, 6) is 0. The Kier molecular flexibility index (Phi) is 3.01. The molecule has 1 rings (SSSR count). The Morgan fingerprint density at radius 1 is 1.64 bits per heavy atom. The third-order valence-electron chi connectivity index (χ3n) is 1.46. The molecule has 0 aromatic heterocycles. The highest BCUT2D eigenvalue weighted by Gasteiger charge is 2.35. The molecule has 0 radical (unpaired) electrons. The molecular formula is C7H7Br3O. The summed E-state index contributed by atoms with van der Waals surface area (Å²) < 4.78 is -0.251. The molecule has 0 bridgehead atoms. The molecule has 0 fully saturated rings. The first-order chi connectivity index (χ1) is 4.94. The predicted molar refractivity (Wildman–Crippen MR) is 57.4 cm³/mol. The van der Waals surface area contributed by atoms with Crippen molar-refractivity contribution in [2.75, 3.05) is 0 Å². The molecule has 0 aliphatic heterocycles. The summed E-state index contributed by atoms with van der Waals surface area (Å²) in [6.45, 7) is 1.98. The monoisotopic (exact) mass is 344 g/mol. The van der Waals surface area contributed by atoms with Gasteiger partial charge in [0.05, 0.1) is 4.83 Å². The molecule has 62 valence electrons. The molecule has 2 atom stereocenters. The Morgan fingerprint density at radius 3 is 2.64 bits per heavy atom. The van der Waals surface area contributed by atoms with Gasteiger partial charge in [0.25, 0.3) is 0 Å². The molecule has 0 saturated heterocycles. The number of hydrogen-bond acceptors (Lipinski definition) is 1. The number of rotatable bonds is 0. The number of halogens is 3. The number of alkyl halides is 2. The summed E-state index contributed by atoms with van der Waals surface area (Å²) in [4.78, 5) is -0.0885. The lowest BCUT2D eigenvalue weighted by atomic mass is 10.1. The number of hydrogen-bond donors (Lipinski definition) is 1. The summed E-state index contributed by atoms with van der Waals surface area (Å²) in [5, 5.41) is 9.74. The maximum Gasteiger partial charge on any atom is 0.167 e. The van der Waals surface area contributed by atoms with Crippen molar-refractivity contribution in [3.05, 3.63) is 22.2 Å². The molecule has 0 spiro atoms. The highest BCUT2D eigenvalue weighted by atomic mass is 79.9. The van der Waals surface area contributed by atoms with E-state index < -0.39 is 4.51 Å². The van der Waals surface area contributed by atoms with Crippen LogP contribution in [0.5, 0.6) is 0 Å². The molecule has 0 aromatic carbocycles. The molecule has 1 N–H and O–H groups in total. The highest BCUT2D eigenvalue weighted by molar-refractivity contribution is 9.15. The van der Waals surface area contributed by atoms with E-state index in [-0.39, 0.29) is 4.83 Å². The van der Waals surface area contributed by atoms with E-state index in [4.69, 9.17) is 0 Å². The van der Waals surface area contributed by atoms with Gasteiger partial charge in [-0.3, -0.25) is 0 Å². The van der Waals surface area contributed by atoms with Gasteiger partial charge in [-0.1, -0.05) is 43.5 Å². The van der Waals surface area contributed by atoms with Gasteiger partial charge in [0.15, 0.2) is 4.51 Å². The predicted octanol–water partition coefficient (Wildman–Crippen LogP) is 3.07. The lowest BCUT2D eigenvalue weighted by Crippen LogP contribution is -2.32. The van der Waals surface area contributed by atoms with Gasteiger partial charge in [0.1, 0.15) is 0 Å². The number of allylic oxidation sites excluding steroid dienone is 2. The van der Waals surface area contributed by atoms with E-state index in [1.54, 1.807) is 0 Å². The van der Waals surface area contributed by atoms with Crippen molar-refractivity contribution in [1.82, 2.24) is 0 Å². The van der Waals surface area contributed by atoms with Gasteiger partial charge in [-0.05, 0) is 28.9 Å². The molecule has 0 aromatic rings. The summed E-state index contributed by atoms with van der Waals surface area (Å²) in [6.07, 6.45) is 3.83. The van der Waals surface area contributed by atoms with Gasteiger partial charge in [-0.25, -0.2) is 0 Å². The first-order valence-electron chi connectivity index (χ1n) is 3.06. The summed E-state index contributed by atoms with van der Waals surface area (Å²) >= 11 is 9.83. The molecule has 0 amide bonds. The van der Waals surface area contributed by atoms with Crippen molar-refractivity contribution >= 4 is 47.8 Å². The van der Waals surface area contributed by atoms with Crippen molar-refractivity contribution in [1.29, 1.82) is 0 Å². The van der Waals surface area contributed by atoms with Gasteiger partial charge in [0, 0.05) is 4.48 Å². The summed E-state index contributed by atoms with van der Waals surface area (Å²) in [5.41, 5.74) is 1.13. The van der Waals surface area contributed by atoms with Crippen LogP contribution in [0.4, 0.5) is 0 Å². The van der Waals surface area contributed by atoms with Gasteiger partial charge in [-0.2, -0.15) is 0 Å². The van der Waals surface area contributed by atoms with Crippen LogP contribution in [0.3, 0.4) is 0 Å². The second kappa shape index (κ2) is 3.32. The molecule has 11 heavy (non-hydrogen) atoms. The van der Waals surface area contributed by atoms with Crippen molar-refractivity contribution in [3.8, 4) is 0 Å². The second-order valence-corrected chi connectivity index (χ2v) is 5.53.